The lowest BCUT2D eigenvalue weighted by molar-refractivity contribution is 0.885. The Bertz CT molecular complexity index is 531. The number of nitrogens with two attached hydrogens (primary N) is 1. The van der Waals surface area contributed by atoms with Gasteiger partial charge in [0.05, 0.1) is 5.71 Å². The van der Waals surface area contributed by atoms with E-state index in [2.05, 4.69) is 59.4 Å². The lowest BCUT2D eigenvalue weighted by Gasteiger charge is -2.19. The highest BCUT2D eigenvalue weighted by Gasteiger charge is 2.22. The van der Waals surface area contributed by atoms with Crippen LogP contribution in [0, 0.1) is 0 Å². The molecule has 3 nitrogen and oxygen atoms in total. The lowest BCUT2D eigenvalue weighted by atomic mass is 9.92. The summed E-state index contributed by atoms with van der Waals surface area (Å²) in [4.78, 5) is 2.58. The van der Waals surface area contributed by atoms with Gasteiger partial charge in [-0.2, -0.15) is 5.10 Å². The molecule has 2 heterocycles. The zero-order valence-corrected chi connectivity index (χ0v) is 13.8. The number of thiophene rings is 2. The van der Waals surface area contributed by atoms with Crippen LogP contribution in [0.3, 0.4) is 0 Å². The molecule has 0 saturated carbocycles. The zero-order valence-electron chi connectivity index (χ0n) is 11.4. The molecule has 2 aromatic rings. The summed E-state index contributed by atoms with van der Waals surface area (Å²) in [5, 5.41) is 8.81. The Balaban J connectivity index is 2.29. The van der Waals surface area contributed by atoms with E-state index in [1.165, 1.54) is 9.75 Å². The highest BCUT2D eigenvalue weighted by molar-refractivity contribution is 7.80. The summed E-state index contributed by atoms with van der Waals surface area (Å²) in [7, 11) is 0. The van der Waals surface area contributed by atoms with Gasteiger partial charge in [-0.25, -0.2) is 0 Å². The minimum absolute atomic E-state index is 0.194. The van der Waals surface area contributed by atoms with Crippen molar-refractivity contribution in [1.29, 1.82) is 0 Å². The molecule has 20 heavy (non-hydrogen) atoms. The Kier molecular flexibility index (Phi) is 5.28. The average molecular weight is 324 g/mol. The quantitative estimate of drug-likeness (QED) is 0.498. The molecule has 0 radical (unpaired) electrons. The molecule has 0 aromatic carbocycles. The average Bonchev–Trinajstić information content (AvgIpc) is 3.11. The Hall–Kier alpha value is -1.24. The molecule has 0 fully saturated rings. The Morgan fingerprint density at radius 2 is 1.65 bits per heavy atom. The van der Waals surface area contributed by atoms with Crippen molar-refractivity contribution in [1.82, 2.24) is 5.43 Å². The number of thiocarbonyl (C=S) groups is 1. The molecule has 106 valence electrons. The van der Waals surface area contributed by atoms with Crippen molar-refractivity contribution in [2.24, 2.45) is 10.8 Å². The molecule has 2 unspecified atom stereocenters. The molecule has 0 amide bonds. The van der Waals surface area contributed by atoms with Gasteiger partial charge in [0.1, 0.15) is 0 Å². The van der Waals surface area contributed by atoms with Gasteiger partial charge in [-0.3, -0.25) is 5.43 Å². The third-order valence-corrected chi connectivity index (χ3v) is 5.32. The first-order valence-electron chi connectivity index (χ1n) is 6.29. The van der Waals surface area contributed by atoms with Crippen LogP contribution in [0.25, 0.3) is 0 Å². The third-order valence-electron chi connectivity index (χ3n) is 3.12. The predicted octanol–water partition coefficient (Wildman–Crippen LogP) is 3.91. The van der Waals surface area contributed by atoms with Gasteiger partial charge < -0.3 is 5.73 Å². The first-order chi connectivity index (χ1) is 9.59. The van der Waals surface area contributed by atoms with Crippen LogP contribution in [0.15, 0.2) is 40.1 Å². The monoisotopic (exact) mass is 323 g/mol. The molecule has 2 rings (SSSR count). The number of rotatable bonds is 5. The highest BCUT2D eigenvalue weighted by Crippen LogP contribution is 2.31. The van der Waals surface area contributed by atoms with Gasteiger partial charge in [0.15, 0.2) is 5.11 Å². The van der Waals surface area contributed by atoms with Gasteiger partial charge in [0, 0.05) is 21.6 Å². The Labute approximate surface area is 132 Å². The van der Waals surface area contributed by atoms with Crippen LogP contribution in [0.2, 0.25) is 0 Å². The van der Waals surface area contributed by atoms with Gasteiger partial charge in [-0.05, 0) is 35.1 Å². The maximum Gasteiger partial charge on any atom is 0.184 e. The minimum Gasteiger partial charge on any atom is -0.375 e. The van der Waals surface area contributed by atoms with Crippen LogP contribution in [0.1, 0.15) is 35.4 Å². The fourth-order valence-corrected chi connectivity index (χ4v) is 3.69. The fourth-order valence-electron chi connectivity index (χ4n) is 2.06. The second-order valence-electron chi connectivity index (χ2n) is 4.49. The minimum atomic E-state index is 0.194. The lowest BCUT2D eigenvalue weighted by Crippen LogP contribution is -2.28. The summed E-state index contributed by atoms with van der Waals surface area (Å²) in [6.07, 6.45) is 0. The molecule has 0 aliphatic carbocycles. The summed E-state index contributed by atoms with van der Waals surface area (Å²) < 4.78 is 0. The van der Waals surface area contributed by atoms with Gasteiger partial charge in [0.25, 0.3) is 0 Å². The number of hydrogen-bond donors (Lipinski definition) is 2. The van der Waals surface area contributed by atoms with Crippen LogP contribution in [0.5, 0.6) is 0 Å². The molecule has 2 atom stereocenters. The van der Waals surface area contributed by atoms with E-state index in [1.807, 2.05) is 0 Å². The summed E-state index contributed by atoms with van der Waals surface area (Å²) in [6.45, 7) is 4.33. The molecular weight excluding hydrogens is 306 g/mol. The number of hydrazone groups is 1. The largest absolute Gasteiger partial charge is 0.375 e. The smallest absolute Gasteiger partial charge is 0.184 e. The summed E-state index contributed by atoms with van der Waals surface area (Å²) in [5.41, 5.74) is 9.28. The first-order valence-corrected chi connectivity index (χ1v) is 8.46. The molecule has 0 saturated heterocycles. The van der Waals surface area contributed by atoms with Gasteiger partial charge in [-0.1, -0.05) is 26.0 Å². The molecule has 0 spiro atoms. The van der Waals surface area contributed by atoms with Crippen LogP contribution in [-0.2, 0) is 0 Å². The van der Waals surface area contributed by atoms with E-state index in [-0.39, 0.29) is 16.9 Å². The number of nitrogens with one attached hydrogen (secondary N) is 1. The van der Waals surface area contributed by atoms with Crippen LogP contribution >= 0.6 is 34.9 Å². The van der Waals surface area contributed by atoms with Crippen LogP contribution < -0.4 is 11.2 Å². The van der Waals surface area contributed by atoms with Crippen molar-refractivity contribution in [2.75, 3.05) is 0 Å². The molecule has 3 N–H and O–H groups in total. The topological polar surface area (TPSA) is 50.4 Å². The van der Waals surface area contributed by atoms with E-state index in [4.69, 9.17) is 18.0 Å². The standard InChI is InChI=1S/C14H17N3S3/c1-9(11-5-3-7-19-11)13(16-17-14(15)18)10(2)12-6-4-8-20-12/h3-10H,1-2H3,(H3,15,17,18). The Morgan fingerprint density at radius 1 is 1.15 bits per heavy atom. The second-order valence-corrected chi connectivity index (χ2v) is 6.89. The maximum absolute atomic E-state index is 5.50. The highest BCUT2D eigenvalue weighted by atomic mass is 32.1. The molecule has 0 bridgehead atoms. The van der Waals surface area contributed by atoms with Crippen LogP contribution in [0.4, 0.5) is 0 Å². The number of hydrogen-bond acceptors (Lipinski definition) is 4. The van der Waals surface area contributed by atoms with Crippen molar-refractivity contribution in [3.05, 3.63) is 44.8 Å². The van der Waals surface area contributed by atoms with Crippen molar-refractivity contribution in [3.63, 3.8) is 0 Å². The van der Waals surface area contributed by atoms with Crippen molar-refractivity contribution in [2.45, 2.75) is 25.7 Å². The van der Waals surface area contributed by atoms with E-state index in [1.54, 1.807) is 22.7 Å². The van der Waals surface area contributed by atoms with Gasteiger partial charge in [0.2, 0.25) is 0 Å². The normalized spacial score (nSPS) is 13.5. The van der Waals surface area contributed by atoms with E-state index in [0.717, 1.165) is 5.71 Å². The van der Waals surface area contributed by atoms with Gasteiger partial charge in [-0.15, -0.1) is 22.7 Å². The molecular formula is C14H17N3S3. The van der Waals surface area contributed by atoms with E-state index in [9.17, 15) is 0 Å². The zero-order chi connectivity index (χ0) is 14.5. The fraction of sp³-hybridized carbons (Fsp3) is 0.286. The molecule has 2 aromatic heterocycles. The maximum atomic E-state index is 5.50. The SMILES string of the molecule is CC(C(=NNC(N)=S)C(C)c1cccs1)c1cccs1. The Morgan fingerprint density at radius 3 is 2.00 bits per heavy atom. The number of nitrogens with zero attached hydrogens (tertiary/aromatic N) is 1. The van der Waals surface area contributed by atoms with Crippen molar-refractivity contribution >= 4 is 45.7 Å². The molecule has 0 aliphatic heterocycles. The predicted molar refractivity (Wildman–Crippen MR) is 92.8 cm³/mol. The van der Waals surface area contributed by atoms with Crippen molar-refractivity contribution in [3.8, 4) is 0 Å². The van der Waals surface area contributed by atoms with E-state index < -0.39 is 0 Å². The second kappa shape index (κ2) is 6.97. The summed E-state index contributed by atoms with van der Waals surface area (Å²) in [5.74, 6) is 0.461. The molecule has 6 heteroatoms. The first kappa shape index (κ1) is 15.2. The summed E-state index contributed by atoms with van der Waals surface area (Å²) in [6, 6.07) is 8.38. The third kappa shape index (κ3) is 3.65. The van der Waals surface area contributed by atoms with Crippen LogP contribution in [-0.4, -0.2) is 10.8 Å². The molecule has 0 aliphatic rings. The van der Waals surface area contributed by atoms with E-state index in [0.29, 0.717) is 0 Å². The summed E-state index contributed by atoms with van der Waals surface area (Å²) >= 11 is 8.33. The van der Waals surface area contributed by atoms with Crippen molar-refractivity contribution < 1.29 is 0 Å². The van der Waals surface area contributed by atoms with Gasteiger partial charge >= 0.3 is 0 Å². The van der Waals surface area contributed by atoms with E-state index >= 15 is 0 Å².